The largest absolute Gasteiger partial charge is 0.329 e. The second-order valence-electron chi connectivity index (χ2n) is 6.15. The van der Waals surface area contributed by atoms with Crippen LogP contribution < -0.4 is 16.6 Å². The van der Waals surface area contributed by atoms with Gasteiger partial charge in [-0.2, -0.15) is 0 Å². The number of hydrogen-bond donors (Lipinski definition) is 2. The molecular weight excluding hydrogens is 356 g/mol. The van der Waals surface area contributed by atoms with Crippen LogP contribution in [0.15, 0.2) is 15.7 Å². The number of anilines is 1. The Labute approximate surface area is 151 Å². The number of nitrogens with one attached hydrogen (secondary N) is 2. The van der Waals surface area contributed by atoms with Crippen LogP contribution in [-0.2, 0) is 6.54 Å². The first kappa shape index (κ1) is 16.6. The van der Waals surface area contributed by atoms with Gasteiger partial charge in [0, 0.05) is 18.2 Å². The van der Waals surface area contributed by atoms with Gasteiger partial charge in [0.2, 0.25) is 5.13 Å². The van der Waals surface area contributed by atoms with Crippen LogP contribution in [0.3, 0.4) is 0 Å². The second-order valence-corrected chi connectivity index (χ2v) is 7.33. The van der Waals surface area contributed by atoms with Crippen molar-refractivity contribution in [3.8, 4) is 0 Å². The molecule has 1 aliphatic rings. The summed E-state index contributed by atoms with van der Waals surface area (Å²) >= 11 is 1.24. The molecule has 134 valence electrons. The first-order chi connectivity index (χ1) is 12.5. The number of amides is 1. The summed E-state index contributed by atoms with van der Waals surface area (Å²) in [4.78, 5) is 44.2. The normalized spacial score (nSPS) is 13.9. The van der Waals surface area contributed by atoms with Crippen molar-refractivity contribution in [2.45, 2.75) is 39.2 Å². The molecule has 1 saturated carbocycles. The first-order valence-electron chi connectivity index (χ1n) is 8.27. The zero-order valence-corrected chi connectivity index (χ0v) is 15.0. The van der Waals surface area contributed by atoms with E-state index in [0.717, 1.165) is 23.5 Å². The summed E-state index contributed by atoms with van der Waals surface area (Å²) in [7, 11) is 0. The minimum Gasteiger partial charge on any atom is -0.296 e. The zero-order chi connectivity index (χ0) is 18.4. The Kier molecular flexibility index (Phi) is 3.91. The van der Waals surface area contributed by atoms with Crippen LogP contribution in [-0.4, -0.2) is 30.6 Å². The van der Waals surface area contributed by atoms with Gasteiger partial charge in [-0.15, -0.1) is 10.2 Å². The van der Waals surface area contributed by atoms with Gasteiger partial charge in [-0.3, -0.25) is 24.5 Å². The van der Waals surface area contributed by atoms with E-state index in [-0.39, 0.29) is 22.5 Å². The van der Waals surface area contributed by atoms with Crippen LogP contribution in [0.4, 0.5) is 5.13 Å². The molecular formula is C16H16N6O3S. The highest BCUT2D eigenvalue weighted by molar-refractivity contribution is 7.15. The number of rotatable bonds is 4. The number of hydrogen-bond acceptors (Lipinski definition) is 7. The third-order valence-corrected chi connectivity index (χ3v) is 5.03. The number of carbonyl (C=O) groups excluding carboxylic acids is 1. The van der Waals surface area contributed by atoms with E-state index in [4.69, 9.17) is 0 Å². The standard InChI is InChI=1S/C16H16N6O3S/c1-3-22-12-11(14(24)19-16(22)25)9(6-10(17-12)8-4-5-8)13(23)18-15-21-20-7(2)26-15/h6,8H,3-5H2,1-2H3,(H,18,21,23)(H,19,24,25). The SMILES string of the molecule is CCn1c(=O)[nH]c(=O)c2c(C(=O)Nc3nnc(C)s3)cc(C3CC3)nc21. The van der Waals surface area contributed by atoms with E-state index >= 15 is 0 Å². The van der Waals surface area contributed by atoms with E-state index in [1.54, 1.807) is 19.9 Å². The van der Waals surface area contributed by atoms with E-state index in [0.29, 0.717) is 11.7 Å². The molecule has 3 aromatic heterocycles. The summed E-state index contributed by atoms with van der Waals surface area (Å²) in [6.07, 6.45) is 1.96. The number of aromatic nitrogens is 5. The molecule has 9 nitrogen and oxygen atoms in total. The summed E-state index contributed by atoms with van der Waals surface area (Å²) in [5, 5.41) is 11.6. The minimum absolute atomic E-state index is 0.106. The number of aryl methyl sites for hydroxylation is 2. The number of nitrogens with zero attached hydrogens (tertiary/aromatic N) is 4. The number of pyridine rings is 1. The Morgan fingerprint density at radius 1 is 1.38 bits per heavy atom. The Hall–Kier alpha value is -2.88. The van der Waals surface area contributed by atoms with Crippen molar-refractivity contribution in [1.82, 2.24) is 24.7 Å². The van der Waals surface area contributed by atoms with Gasteiger partial charge in [0.15, 0.2) is 5.65 Å². The highest BCUT2D eigenvalue weighted by Crippen LogP contribution is 2.40. The second kappa shape index (κ2) is 6.13. The third kappa shape index (κ3) is 2.81. The molecule has 0 aliphatic heterocycles. The molecule has 0 unspecified atom stereocenters. The number of H-pyrrole nitrogens is 1. The third-order valence-electron chi connectivity index (χ3n) is 4.27. The molecule has 0 bridgehead atoms. The van der Waals surface area contributed by atoms with E-state index < -0.39 is 17.2 Å². The number of fused-ring (bicyclic) bond motifs is 1. The lowest BCUT2D eigenvalue weighted by Gasteiger charge is -2.11. The molecule has 0 radical (unpaired) electrons. The van der Waals surface area contributed by atoms with E-state index in [2.05, 4.69) is 25.5 Å². The van der Waals surface area contributed by atoms with Gasteiger partial charge >= 0.3 is 5.69 Å². The first-order valence-corrected chi connectivity index (χ1v) is 9.08. The van der Waals surface area contributed by atoms with Crippen LogP contribution >= 0.6 is 11.3 Å². The van der Waals surface area contributed by atoms with Crippen LogP contribution in [0.5, 0.6) is 0 Å². The summed E-state index contributed by atoms with van der Waals surface area (Å²) in [6, 6.07) is 1.64. The average Bonchev–Trinajstić information content (AvgIpc) is 3.37. The lowest BCUT2D eigenvalue weighted by molar-refractivity contribution is 0.102. The molecule has 1 aliphatic carbocycles. The highest BCUT2D eigenvalue weighted by atomic mass is 32.1. The Morgan fingerprint density at radius 2 is 2.15 bits per heavy atom. The monoisotopic (exact) mass is 372 g/mol. The van der Waals surface area contributed by atoms with Gasteiger partial charge in [0.1, 0.15) is 5.01 Å². The van der Waals surface area contributed by atoms with Crippen molar-refractivity contribution in [3.63, 3.8) is 0 Å². The van der Waals surface area contributed by atoms with Crippen molar-refractivity contribution in [3.05, 3.63) is 43.2 Å². The van der Waals surface area contributed by atoms with E-state index in [1.807, 2.05) is 0 Å². The molecule has 26 heavy (non-hydrogen) atoms. The van der Waals surface area contributed by atoms with Gasteiger partial charge in [-0.25, -0.2) is 9.78 Å². The molecule has 0 spiro atoms. The van der Waals surface area contributed by atoms with Crippen molar-refractivity contribution in [1.29, 1.82) is 0 Å². The maximum absolute atomic E-state index is 12.8. The molecule has 0 aromatic carbocycles. The fraction of sp³-hybridized carbons (Fsp3) is 0.375. The highest BCUT2D eigenvalue weighted by Gasteiger charge is 2.28. The Bertz CT molecular complexity index is 1140. The molecule has 10 heteroatoms. The van der Waals surface area contributed by atoms with E-state index in [1.165, 1.54) is 15.9 Å². The van der Waals surface area contributed by atoms with Crippen LogP contribution in [0.1, 0.15) is 46.7 Å². The molecule has 0 saturated heterocycles. The van der Waals surface area contributed by atoms with E-state index in [9.17, 15) is 14.4 Å². The summed E-state index contributed by atoms with van der Waals surface area (Å²) in [6.45, 7) is 3.91. The Balaban J connectivity index is 1.93. The topological polar surface area (TPSA) is 123 Å². The quantitative estimate of drug-likeness (QED) is 0.713. The van der Waals surface area contributed by atoms with Gasteiger partial charge in [0.25, 0.3) is 11.5 Å². The van der Waals surface area contributed by atoms with Gasteiger partial charge in [-0.05, 0) is 32.8 Å². The summed E-state index contributed by atoms with van der Waals surface area (Å²) in [5.74, 6) is -0.211. The number of carbonyl (C=O) groups is 1. The molecule has 4 rings (SSSR count). The predicted octanol–water partition coefficient (Wildman–Crippen LogP) is 1.39. The van der Waals surface area contributed by atoms with Crippen molar-refractivity contribution < 1.29 is 4.79 Å². The fourth-order valence-corrected chi connectivity index (χ4v) is 3.45. The average molecular weight is 372 g/mol. The Morgan fingerprint density at radius 3 is 2.77 bits per heavy atom. The fourth-order valence-electron chi connectivity index (χ4n) is 2.87. The lowest BCUT2D eigenvalue weighted by atomic mass is 10.1. The zero-order valence-electron chi connectivity index (χ0n) is 14.2. The maximum Gasteiger partial charge on any atom is 0.329 e. The molecule has 1 fully saturated rings. The molecule has 0 atom stereocenters. The smallest absolute Gasteiger partial charge is 0.296 e. The van der Waals surface area contributed by atoms with Crippen molar-refractivity contribution in [2.75, 3.05) is 5.32 Å². The molecule has 3 heterocycles. The van der Waals surface area contributed by atoms with Crippen LogP contribution in [0, 0.1) is 6.92 Å². The maximum atomic E-state index is 12.8. The molecule has 3 aromatic rings. The van der Waals surface area contributed by atoms with Crippen molar-refractivity contribution in [2.24, 2.45) is 0 Å². The number of aromatic amines is 1. The molecule has 2 N–H and O–H groups in total. The van der Waals surface area contributed by atoms with Gasteiger partial charge in [0.05, 0.1) is 10.9 Å². The summed E-state index contributed by atoms with van der Waals surface area (Å²) in [5.41, 5.74) is 0.000404. The van der Waals surface area contributed by atoms with Crippen molar-refractivity contribution >= 4 is 33.4 Å². The van der Waals surface area contributed by atoms with Crippen LogP contribution in [0.25, 0.3) is 11.0 Å². The van der Waals surface area contributed by atoms with Gasteiger partial charge < -0.3 is 0 Å². The minimum atomic E-state index is -0.622. The molecule has 1 amide bonds. The van der Waals surface area contributed by atoms with Crippen LogP contribution in [0.2, 0.25) is 0 Å². The lowest BCUT2D eigenvalue weighted by Crippen LogP contribution is -2.32. The summed E-state index contributed by atoms with van der Waals surface area (Å²) < 4.78 is 1.37. The van der Waals surface area contributed by atoms with Gasteiger partial charge in [-0.1, -0.05) is 11.3 Å². The predicted molar refractivity (Wildman–Crippen MR) is 96.9 cm³/mol.